The summed E-state index contributed by atoms with van der Waals surface area (Å²) in [5.41, 5.74) is 7.27. The lowest BCUT2D eigenvalue weighted by Crippen LogP contribution is -2.24. The van der Waals surface area contributed by atoms with Crippen LogP contribution in [0.25, 0.3) is 0 Å². The van der Waals surface area contributed by atoms with Gasteiger partial charge in [-0.1, -0.05) is 12.1 Å². The predicted molar refractivity (Wildman–Crippen MR) is 74.9 cm³/mol. The van der Waals surface area contributed by atoms with E-state index < -0.39 is 0 Å². The predicted octanol–water partition coefficient (Wildman–Crippen LogP) is 1.53. The zero-order chi connectivity index (χ0) is 14.1. The van der Waals surface area contributed by atoms with Crippen LogP contribution in [0.15, 0.2) is 24.3 Å². The maximum atomic E-state index is 11.6. The fourth-order valence-electron chi connectivity index (χ4n) is 1.47. The van der Waals surface area contributed by atoms with Crippen LogP contribution in [0, 0.1) is 0 Å². The minimum Gasteiger partial charge on any atom is -0.379 e. The van der Waals surface area contributed by atoms with Crippen molar-refractivity contribution >= 4 is 11.6 Å². The van der Waals surface area contributed by atoms with E-state index in [1.54, 1.807) is 0 Å². The topological polar surface area (TPSA) is 73.6 Å². The van der Waals surface area contributed by atoms with Crippen molar-refractivity contribution in [2.45, 2.75) is 26.5 Å². The van der Waals surface area contributed by atoms with Crippen LogP contribution in [0.2, 0.25) is 0 Å². The zero-order valence-electron chi connectivity index (χ0n) is 11.5. The lowest BCUT2D eigenvalue weighted by molar-refractivity contribution is -0.123. The van der Waals surface area contributed by atoms with Gasteiger partial charge in [-0.05, 0) is 31.5 Å². The van der Waals surface area contributed by atoms with Crippen molar-refractivity contribution in [2.75, 3.05) is 25.1 Å². The third kappa shape index (κ3) is 6.33. The van der Waals surface area contributed by atoms with Crippen LogP contribution >= 0.6 is 0 Å². The average Bonchev–Trinajstić information content (AvgIpc) is 2.43. The van der Waals surface area contributed by atoms with E-state index in [0.29, 0.717) is 19.8 Å². The number of carbonyl (C=O) groups excluding carboxylic acids is 1. The molecule has 1 unspecified atom stereocenters. The van der Waals surface area contributed by atoms with Crippen LogP contribution in [0.1, 0.15) is 19.4 Å². The summed E-state index contributed by atoms with van der Waals surface area (Å²) in [5.74, 6) is -0.177. The van der Waals surface area contributed by atoms with Gasteiger partial charge in [0.15, 0.2) is 0 Å². The number of hydrogen-bond acceptors (Lipinski definition) is 4. The van der Waals surface area contributed by atoms with Crippen molar-refractivity contribution in [1.82, 2.24) is 0 Å². The Morgan fingerprint density at radius 3 is 2.63 bits per heavy atom. The molecule has 0 saturated carbocycles. The van der Waals surface area contributed by atoms with Gasteiger partial charge in [-0.25, -0.2) is 0 Å². The maximum Gasteiger partial charge on any atom is 0.250 e. The fraction of sp³-hybridized carbons (Fsp3) is 0.500. The van der Waals surface area contributed by atoms with Gasteiger partial charge in [0.1, 0.15) is 6.61 Å². The molecule has 0 radical (unpaired) electrons. The minimum atomic E-state index is -0.177. The Kier molecular flexibility index (Phi) is 7.10. The molecule has 3 N–H and O–H groups in total. The first kappa shape index (κ1) is 15.6. The van der Waals surface area contributed by atoms with Gasteiger partial charge in [0.05, 0.1) is 12.7 Å². The van der Waals surface area contributed by atoms with Crippen LogP contribution in [-0.4, -0.2) is 31.8 Å². The number of carbonyl (C=O) groups is 1. The Bertz CT molecular complexity index is 379. The third-order valence-corrected chi connectivity index (χ3v) is 2.53. The van der Waals surface area contributed by atoms with E-state index in [9.17, 15) is 4.79 Å². The number of nitrogens with two attached hydrogens (primary N) is 1. The Balaban J connectivity index is 2.30. The fourth-order valence-corrected chi connectivity index (χ4v) is 1.47. The second-order valence-electron chi connectivity index (χ2n) is 4.23. The van der Waals surface area contributed by atoms with Crippen molar-refractivity contribution in [1.29, 1.82) is 0 Å². The van der Waals surface area contributed by atoms with Gasteiger partial charge >= 0.3 is 0 Å². The lowest BCUT2D eigenvalue weighted by atomic mass is 10.2. The highest BCUT2D eigenvalue weighted by molar-refractivity contribution is 5.91. The van der Waals surface area contributed by atoms with Crippen molar-refractivity contribution < 1.29 is 14.3 Å². The third-order valence-electron chi connectivity index (χ3n) is 2.53. The highest BCUT2D eigenvalue weighted by Gasteiger charge is 2.07. The maximum absolute atomic E-state index is 11.6. The second kappa shape index (κ2) is 8.63. The second-order valence-corrected chi connectivity index (χ2v) is 4.23. The molecule has 5 nitrogen and oxygen atoms in total. The average molecular weight is 266 g/mol. The molecule has 106 valence electrons. The summed E-state index contributed by atoms with van der Waals surface area (Å²) >= 11 is 0. The molecule has 1 rings (SSSR count). The highest BCUT2D eigenvalue weighted by Crippen LogP contribution is 2.09. The molecule has 0 bridgehead atoms. The van der Waals surface area contributed by atoms with Gasteiger partial charge in [-0.3, -0.25) is 4.79 Å². The van der Waals surface area contributed by atoms with E-state index >= 15 is 0 Å². The van der Waals surface area contributed by atoms with Gasteiger partial charge in [0.25, 0.3) is 0 Å². The van der Waals surface area contributed by atoms with Crippen molar-refractivity contribution in [3.05, 3.63) is 29.8 Å². The standard InChI is InChI=1S/C14H22N2O3/c1-3-18-9-11(2)19-10-14(17)16-13-6-4-12(8-15)5-7-13/h4-7,11H,3,8-10,15H2,1-2H3,(H,16,17). The van der Waals surface area contributed by atoms with Gasteiger partial charge in [-0.2, -0.15) is 0 Å². The molecule has 1 atom stereocenters. The summed E-state index contributed by atoms with van der Waals surface area (Å²) in [6, 6.07) is 7.41. The number of amides is 1. The zero-order valence-corrected chi connectivity index (χ0v) is 11.5. The van der Waals surface area contributed by atoms with E-state index in [1.807, 2.05) is 38.1 Å². The van der Waals surface area contributed by atoms with Crippen LogP contribution < -0.4 is 11.1 Å². The molecule has 5 heteroatoms. The number of ether oxygens (including phenoxy) is 2. The van der Waals surface area contributed by atoms with E-state index in [0.717, 1.165) is 11.3 Å². The van der Waals surface area contributed by atoms with Gasteiger partial charge in [0.2, 0.25) is 5.91 Å². The molecule has 0 aliphatic rings. The SMILES string of the molecule is CCOCC(C)OCC(=O)Nc1ccc(CN)cc1. The Labute approximate surface area is 114 Å². The van der Waals surface area contributed by atoms with E-state index in [1.165, 1.54) is 0 Å². The first-order chi connectivity index (χ1) is 9.15. The van der Waals surface area contributed by atoms with Crippen LogP contribution in [0.3, 0.4) is 0 Å². The van der Waals surface area contributed by atoms with Gasteiger partial charge < -0.3 is 20.5 Å². The van der Waals surface area contributed by atoms with Crippen LogP contribution in [-0.2, 0) is 20.8 Å². The number of nitrogens with one attached hydrogen (secondary N) is 1. The molecule has 0 fully saturated rings. The van der Waals surface area contributed by atoms with Gasteiger partial charge in [0, 0.05) is 18.8 Å². The molecule has 0 aliphatic carbocycles. The molecule has 1 amide bonds. The van der Waals surface area contributed by atoms with E-state index in [2.05, 4.69) is 5.32 Å². The van der Waals surface area contributed by atoms with Crippen LogP contribution in [0.4, 0.5) is 5.69 Å². The molecular weight excluding hydrogens is 244 g/mol. The first-order valence-electron chi connectivity index (χ1n) is 6.44. The quantitative estimate of drug-likeness (QED) is 0.748. The van der Waals surface area contributed by atoms with Crippen LogP contribution in [0.5, 0.6) is 0 Å². The summed E-state index contributed by atoms with van der Waals surface area (Å²) in [7, 11) is 0. The molecule has 1 aromatic carbocycles. The molecule has 19 heavy (non-hydrogen) atoms. The van der Waals surface area contributed by atoms with Crippen molar-refractivity contribution in [3.63, 3.8) is 0 Å². The van der Waals surface area contributed by atoms with Gasteiger partial charge in [-0.15, -0.1) is 0 Å². The molecule has 0 heterocycles. The molecule has 0 spiro atoms. The first-order valence-corrected chi connectivity index (χ1v) is 6.44. The molecule has 0 aliphatic heterocycles. The Morgan fingerprint density at radius 1 is 1.37 bits per heavy atom. The van der Waals surface area contributed by atoms with Crippen molar-refractivity contribution in [3.8, 4) is 0 Å². The number of rotatable bonds is 8. The number of hydrogen-bond donors (Lipinski definition) is 2. The number of benzene rings is 1. The lowest BCUT2D eigenvalue weighted by Gasteiger charge is -2.12. The molecule has 1 aromatic rings. The minimum absolute atomic E-state index is 0.0207. The monoisotopic (exact) mass is 266 g/mol. The summed E-state index contributed by atoms with van der Waals surface area (Å²) in [5, 5.41) is 2.76. The summed E-state index contributed by atoms with van der Waals surface area (Å²) in [4.78, 5) is 11.6. The van der Waals surface area contributed by atoms with E-state index in [4.69, 9.17) is 15.2 Å². The Hall–Kier alpha value is -1.43. The highest BCUT2D eigenvalue weighted by atomic mass is 16.5. The van der Waals surface area contributed by atoms with E-state index in [-0.39, 0.29) is 18.6 Å². The molecule has 0 saturated heterocycles. The largest absolute Gasteiger partial charge is 0.379 e. The number of anilines is 1. The summed E-state index contributed by atoms with van der Waals surface area (Å²) in [6.07, 6.45) is -0.0923. The smallest absolute Gasteiger partial charge is 0.250 e. The molecule has 0 aromatic heterocycles. The summed E-state index contributed by atoms with van der Waals surface area (Å²) < 4.78 is 10.6. The Morgan fingerprint density at radius 2 is 2.05 bits per heavy atom. The molecular formula is C14H22N2O3. The summed E-state index contributed by atoms with van der Waals surface area (Å²) in [6.45, 7) is 5.45. The normalized spacial score (nSPS) is 12.2. The van der Waals surface area contributed by atoms with Crippen molar-refractivity contribution in [2.24, 2.45) is 5.73 Å².